The topological polar surface area (TPSA) is 90.4 Å². The maximum Gasteiger partial charge on any atom is 0.327 e. The first-order valence-corrected chi connectivity index (χ1v) is 11.4. The number of carbonyl (C=O) groups is 3. The number of aliphatic carboxylic acids is 1. The van der Waals surface area contributed by atoms with Crippen molar-refractivity contribution in [1.82, 2.24) is 14.7 Å². The first-order valence-electron chi connectivity index (χ1n) is 10.9. The van der Waals surface area contributed by atoms with Crippen LogP contribution in [0.1, 0.15) is 24.9 Å². The Labute approximate surface area is 198 Å². The van der Waals surface area contributed by atoms with E-state index in [1.165, 1.54) is 25.0 Å². The van der Waals surface area contributed by atoms with E-state index in [0.717, 1.165) is 5.57 Å². The van der Waals surface area contributed by atoms with Gasteiger partial charge in [-0.25, -0.2) is 14.0 Å². The van der Waals surface area contributed by atoms with Crippen molar-refractivity contribution < 1.29 is 28.6 Å². The molecule has 1 amide bonds. The van der Waals surface area contributed by atoms with Crippen LogP contribution in [0.3, 0.4) is 0 Å². The van der Waals surface area contributed by atoms with Gasteiger partial charge in [0.25, 0.3) is 0 Å². The van der Waals surface area contributed by atoms with Gasteiger partial charge in [0.2, 0.25) is 5.91 Å². The first kappa shape index (κ1) is 25.2. The number of hydrogen-bond donors (Lipinski definition) is 2. The average Bonchev–Trinajstić information content (AvgIpc) is 2.80. The van der Waals surface area contributed by atoms with Crippen LogP contribution in [-0.4, -0.2) is 95.3 Å². The number of benzene rings is 1. The van der Waals surface area contributed by atoms with Crippen LogP contribution in [0, 0.1) is 5.82 Å². The second-order valence-electron chi connectivity index (χ2n) is 8.34. The molecule has 8 nitrogen and oxygen atoms in total. The first-order chi connectivity index (χ1) is 15.7. The number of carboxylic acid groups (broad SMARTS) is 1. The molecule has 0 aromatic heterocycles. The molecule has 3 rings (SSSR count). The summed E-state index contributed by atoms with van der Waals surface area (Å²) in [5, 5.41) is 9.15. The lowest BCUT2D eigenvalue weighted by Gasteiger charge is -2.38. The molecule has 2 fully saturated rings. The van der Waals surface area contributed by atoms with E-state index < -0.39 is 29.8 Å². The fourth-order valence-corrected chi connectivity index (χ4v) is 4.58. The Hall–Kier alpha value is -2.43. The largest absolute Gasteiger partial charge is 0.480 e. The monoisotopic (exact) mass is 479 g/mol. The molecule has 2 aliphatic heterocycles. The molecule has 2 heterocycles. The molecule has 0 spiro atoms. The van der Waals surface area contributed by atoms with Crippen molar-refractivity contribution in [2.45, 2.75) is 30.7 Å². The van der Waals surface area contributed by atoms with Crippen molar-refractivity contribution in [2.75, 3.05) is 46.4 Å². The number of amides is 1. The molecule has 3 unspecified atom stereocenters. The Kier molecular flexibility index (Phi) is 8.50. The number of piperidine rings is 1. The van der Waals surface area contributed by atoms with Gasteiger partial charge < -0.3 is 14.7 Å². The summed E-state index contributed by atoms with van der Waals surface area (Å²) < 4.78 is 19.5. The molecule has 1 aromatic carbocycles. The third-order valence-corrected chi connectivity index (χ3v) is 6.86. The number of nitrogens with zero attached hydrogens (tertiary/aromatic N) is 3. The van der Waals surface area contributed by atoms with Crippen LogP contribution in [-0.2, 0) is 19.1 Å². The number of thiol groups is 1. The van der Waals surface area contributed by atoms with Gasteiger partial charge in [0.1, 0.15) is 17.9 Å². The van der Waals surface area contributed by atoms with Gasteiger partial charge in [-0.2, -0.15) is 12.6 Å². The summed E-state index contributed by atoms with van der Waals surface area (Å²) in [6.45, 7) is 4.05. The van der Waals surface area contributed by atoms with E-state index in [4.69, 9.17) is 9.84 Å². The fraction of sp³-hybridized carbons (Fsp3) is 0.522. The van der Waals surface area contributed by atoms with Crippen LogP contribution in [0.4, 0.5) is 4.39 Å². The van der Waals surface area contributed by atoms with Crippen LogP contribution >= 0.6 is 12.6 Å². The lowest BCUT2D eigenvalue weighted by Crippen LogP contribution is -2.55. The number of hydrogen-bond acceptors (Lipinski definition) is 7. The van der Waals surface area contributed by atoms with Crippen molar-refractivity contribution >= 4 is 30.5 Å². The molecule has 2 saturated heterocycles. The molecular weight excluding hydrogens is 449 g/mol. The second-order valence-corrected chi connectivity index (χ2v) is 8.96. The van der Waals surface area contributed by atoms with Gasteiger partial charge in [-0.3, -0.25) is 14.6 Å². The summed E-state index contributed by atoms with van der Waals surface area (Å²) in [6, 6.07) is 4.49. The average molecular weight is 480 g/mol. The van der Waals surface area contributed by atoms with Gasteiger partial charge in [0.15, 0.2) is 0 Å². The number of halogens is 1. The van der Waals surface area contributed by atoms with Gasteiger partial charge in [0, 0.05) is 43.5 Å². The molecule has 0 bridgehead atoms. The van der Waals surface area contributed by atoms with Crippen LogP contribution in [0.5, 0.6) is 0 Å². The zero-order chi connectivity index (χ0) is 24.1. The number of esters is 1. The second kappa shape index (κ2) is 11.1. The number of methoxy groups -OCH3 is 1. The standard InChI is InChI=1S/C23H30FN3O5S/c1-15(22(29)30)27-12-11-25(14-20(27)28)9-7-16-13-26(10-8-19(16)33)21(23(31)32-2)17-5-3-4-6-18(17)24/h3-7,15,19,21,33H,8-14H2,1-2H3,(H,29,30)/b16-7+. The van der Waals surface area contributed by atoms with Crippen LogP contribution < -0.4 is 0 Å². The highest BCUT2D eigenvalue weighted by molar-refractivity contribution is 7.81. The van der Waals surface area contributed by atoms with Crippen molar-refractivity contribution in [3.05, 3.63) is 47.3 Å². The van der Waals surface area contributed by atoms with Gasteiger partial charge in [-0.1, -0.05) is 24.3 Å². The molecule has 2 aliphatic rings. The fourth-order valence-electron chi connectivity index (χ4n) is 4.27. The van der Waals surface area contributed by atoms with E-state index in [1.807, 2.05) is 15.9 Å². The van der Waals surface area contributed by atoms with Gasteiger partial charge in [-0.05, 0) is 25.0 Å². The summed E-state index contributed by atoms with van der Waals surface area (Å²) in [5.74, 6) is -2.22. The van der Waals surface area contributed by atoms with Crippen molar-refractivity contribution in [3.8, 4) is 0 Å². The third-order valence-electron chi connectivity index (χ3n) is 6.27. The predicted octanol–water partition coefficient (Wildman–Crippen LogP) is 1.59. The highest BCUT2D eigenvalue weighted by Crippen LogP contribution is 2.31. The van der Waals surface area contributed by atoms with Gasteiger partial charge >= 0.3 is 11.9 Å². The lowest BCUT2D eigenvalue weighted by molar-refractivity contribution is -0.152. The minimum absolute atomic E-state index is 0.0100. The summed E-state index contributed by atoms with van der Waals surface area (Å²) in [6.07, 6.45) is 2.68. The van der Waals surface area contributed by atoms with E-state index in [2.05, 4.69) is 12.6 Å². The van der Waals surface area contributed by atoms with E-state index in [-0.39, 0.29) is 23.3 Å². The van der Waals surface area contributed by atoms with Crippen LogP contribution in [0.15, 0.2) is 35.9 Å². The maximum atomic E-state index is 14.5. The minimum Gasteiger partial charge on any atom is -0.480 e. The summed E-state index contributed by atoms with van der Waals surface area (Å²) in [7, 11) is 1.29. The van der Waals surface area contributed by atoms with E-state index in [0.29, 0.717) is 39.1 Å². The zero-order valence-corrected chi connectivity index (χ0v) is 19.7. The van der Waals surface area contributed by atoms with Crippen molar-refractivity contribution in [3.63, 3.8) is 0 Å². The maximum absolute atomic E-state index is 14.5. The smallest absolute Gasteiger partial charge is 0.327 e. The molecule has 33 heavy (non-hydrogen) atoms. The third kappa shape index (κ3) is 5.93. The predicted molar refractivity (Wildman–Crippen MR) is 123 cm³/mol. The molecule has 10 heteroatoms. The van der Waals surface area contributed by atoms with E-state index in [1.54, 1.807) is 18.2 Å². The minimum atomic E-state index is -1.02. The highest BCUT2D eigenvalue weighted by atomic mass is 32.1. The number of rotatable bonds is 7. The van der Waals surface area contributed by atoms with E-state index in [9.17, 15) is 18.8 Å². The van der Waals surface area contributed by atoms with Crippen molar-refractivity contribution in [1.29, 1.82) is 0 Å². The number of carboxylic acids is 1. The number of likely N-dealkylation sites (tertiary alicyclic amines) is 1. The van der Waals surface area contributed by atoms with Gasteiger partial charge in [-0.15, -0.1) is 0 Å². The molecule has 0 aliphatic carbocycles. The molecular formula is C23H30FN3O5S. The summed E-state index contributed by atoms with van der Waals surface area (Å²) >= 11 is 4.68. The molecule has 3 atom stereocenters. The Balaban J connectivity index is 1.70. The van der Waals surface area contributed by atoms with E-state index >= 15 is 0 Å². The Morgan fingerprint density at radius 3 is 2.64 bits per heavy atom. The molecule has 0 saturated carbocycles. The molecule has 1 aromatic rings. The van der Waals surface area contributed by atoms with Gasteiger partial charge in [0.05, 0.1) is 13.7 Å². The highest BCUT2D eigenvalue weighted by Gasteiger charge is 2.35. The molecule has 180 valence electrons. The quantitative estimate of drug-likeness (QED) is 0.349. The number of ether oxygens (including phenoxy) is 1. The molecule has 1 N–H and O–H groups in total. The summed E-state index contributed by atoms with van der Waals surface area (Å²) in [5.41, 5.74) is 1.26. The molecule has 0 radical (unpaired) electrons. The SMILES string of the molecule is COC(=O)C(c1ccccc1F)N1CCC(S)/C(=C/CN2CCN(C(C)C(=O)O)C(=O)C2)C1. The van der Waals surface area contributed by atoms with Crippen molar-refractivity contribution in [2.24, 2.45) is 0 Å². The van der Waals surface area contributed by atoms with Crippen LogP contribution in [0.25, 0.3) is 0 Å². The normalized spacial score (nSPS) is 23.4. The Morgan fingerprint density at radius 1 is 1.27 bits per heavy atom. The summed E-state index contributed by atoms with van der Waals surface area (Å²) in [4.78, 5) is 41.4. The zero-order valence-electron chi connectivity index (χ0n) is 18.8. The Bertz CT molecular complexity index is 927. The Morgan fingerprint density at radius 2 is 2.00 bits per heavy atom. The number of piperazine rings is 1. The van der Waals surface area contributed by atoms with Crippen LogP contribution in [0.2, 0.25) is 0 Å². The number of carbonyl (C=O) groups excluding carboxylic acids is 2. The lowest BCUT2D eigenvalue weighted by atomic mass is 9.97.